The largest absolute Gasteiger partial charge is 0.507 e. The number of likely N-dealkylation sites (tertiary alicyclic amines) is 1. The van der Waals surface area contributed by atoms with Gasteiger partial charge in [0.15, 0.2) is 0 Å². The predicted molar refractivity (Wildman–Crippen MR) is 136 cm³/mol. The SMILES string of the molecule is COc1cccc(CN2CCC(c3cnc4c(ccn4Cc4ccc(C(N)=O)c(O)c4)c3)CC2)c1. The van der Waals surface area contributed by atoms with Crippen LogP contribution in [0.3, 0.4) is 0 Å². The number of aromatic hydroxyl groups is 1. The average Bonchev–Trinajstić information content (AvgIpc) is 3.26. The number of piperidine rings is 1. The summed E-state index contributed by atoms with van der Waals surface area (Å²) in [7, 11) is 1.71. The molecule has 3 heterocycles. The summed E-state index contributed by atoms with van der Waals surface area (Å²) in [5, 5.41) is 11.2. The second-order valence-electron chi connectivity index (χ2n) is 9.24. The molecule has 5 rings (SSSR count). The number of pyridine rings is 1. The molecule has 0 unspecified atom stereocenters. The van der Waals surface area contributed by atoms with Crippen LogP contribution in [0.25, 0.3) is 11.0 Å². The van der Waals surface area contributed by atoms with E-state index in [1.54, 1.807) is 25.3 Å². The lowest BCUT2D eigenvalue weighted by molar-refractivity contribution is 0.0997. The summed E-state index contributed by atoms with van der Waals surface area (Å²) < 4.78 is 7.40. The van der Waals surface area contributed by atoms with E-state index in [-0.39, 0.29) is 11.3 Å². The number of fused-ring (bicyclic) bond motifs is 1. The molecule has 2 aromatic heterocycles. The lowest BCUT2D eigenvalue weighted by Gasteiger charge is -2.32. The van der Waals surface area contributed by atoms with Crippen molar-refractivity contribution < 1.29 is 14.6 Å². The number of carbonyl (C=O) groups is 1. The highest BCUT2D eigenvalue weighted by molar-refractivity contribution is 5.95. The number of primary amides is 1. The highest BCUT2D eigenvalue weighted by atomic mass is 16.5. The van der Waals surface area contributed by atoms with Gasteiger partial charge in [-0.25, -0.2) is 4.98 Å². The summed E-state index contributed by atoms with van der Waals surface area (Å²) in [6, 6.07) is 17.6. The lowest BCUT2D eigenvalue weighted by Crippen LogP contribution is -2.32. The van der Waals surface area contributed by atoms with Crippen LogP contribution in [0.2, 0.25) is 0 Å². The van der Waals surface area contributed by atoms with Gasteiger partial charge in [-0.2, -0.15) is 0 Å². The molecule has 0 atom stereocenters. The first kappa shape index (κ1) is 22.9. The van der Waals surface area contributed by atoms with Gasteiger partial charge in [0.05, 0.1) is 12.7 Å². The van der Waals surface area contributed by atoms with E-state index in [2.05, 4.69) is 33.7 Å². The minimum Gasteiger partial charge on any atom is -0.507 e. The zero-order valence-electron chi connectivity index (χ0n) is 19.9. The van der Waals surface area contributed by atoms with Crippen LogP contribution in [0, 0.1) is 0 Å². The predicted octanol–water partition coefficient (Wildman–Crippen LogP) is 4.28. The molecule has 0 saturated carbocycles. The molecule has 1 amide bonds. The molecular formula is C28H30N4O3. The van der Waals surface area contributed by atoms with Gasteiger partial charge < -0.3 is 20.1 Å². The molecule has 0 aliphatic carbocycles. The van der Waals surface area contributed by atoms with Gasteiger partial charge in [0, 0.05) is 30.9 Å². The number of nitrogens with zero attached hydrogens (tertiary/aromatic N) is 3. The number of phenols is 1. The van der Waals surface area contributed by atoms with E-state index in [9.17, 15) is 9.90 Å². The van der Waals surface area contributed by atoms with E-state index >= 15 is 0 Å². The Labute approximate surface area is 204 Å². The van der Waals surface area contributed by atoms with E-state index < -0.39 is 5.91 Å². The van der Waals surface area contributed by atoms with Gasteiger partial charge >= 0.3 is 0 Å². The van der Waals surface area contributed by atoms with Crippen LogP contribution in [-0.4, -0.2) is 45.7 Å². The molecule has 7 heteroatoms. The summed E-state index contributed by atoms with van der Waals surface area (Å²) in [6.45, 7) is 3.61. The highest BCUT2D eigenvalue weighted by Crippen LogP contribution is 2.31. The van der Waals surface area contributed by atoms with Gasteiger partial charge in [-0.1, -0.05) is 18.2 Å². The number of benzene rings is 2. The van der Waals surface area contributed by atoms with E-state index in [0.717, 1.165) is 54.8 Å². The number of hydrogen-bond acceptors (Lipinski definition) is 5. The van der Waals surface area contributed by atoms with E-state index in [0.29, 0.717) is 12.5 Å². The number of aromatic nitrogens is 2. The fourth-order valence-corrected chi connectivity index (χ4v) is 4.98. The molecule has 35 heavy (non-hydrogen) atoms. The number of carbonyl (C=O) groups excluding carboxylic acids is 1. The van der Waals surface area contributed by atoms with Crippen molar-refractivity contribution >= 4 is 16.9 Å². The molecule has 0 bridgehead atoms. The third-order valence-electron chi connectivity index (χ3n) is 6.90. The molecule has 4 aromatic rings. The van der Waals surface area contributed by atoms with Crippen molar-refractivity contribution in [2.24, 2.45) is 5.73 Å². The summed E-state index contributed by atoms with van der Waals surface area (Å²) >= 11 is 0. The molecule has 2 aromatic carbocycles. The Morgan fingerprint density at radius 2 is 1.89 bits per heavy atom. The zero-order valence-corrected chi connectivity index (χ0v) is 19.9. The normalized spacial score (nSPS) is 14.9. The standard InChI is InChI=1S/C28H30N4O3/c1-35-24-4-2-3-19(13-24)17-31-10-7-21(8-11-31)23-15-22-9-12-32(28(22)30-16-23)18-20-5-6-25(27(29)34)26(33)14-20/h2-6,9,12-16,21,33H,7-8,10-11,17-18H2,1H3,(H2,29,34). The second kappa shape index (κ2) is 9.80. The molecule has 1 saturated heterocycles. The Kier molecular flexibility index (Phi) is 6.42. The Hall–Kier alpha value is -3.84. The molecule has 1 aliphatic heterocycles. The van der Waals surface area contributed by atoms with Crippen molar-refractivity contribution in [2.75, 3.05) is 20.2 Å². The van der Waals surface area contributed by atoms with E-state index in [1.165, 1.54) is 11.1 Å². The van der Waals surface area contributed by atoms with Gasteiger partial charge in [-0.05, 0) is 84.9 Å². The van der Waals surface area contributed by atoms with Gasteiger partial charge in [0.25, 0.3) is 5.91 Å². The Morgan fingerprint density at radius 1 is 1.09 bits per heavy atom. The van der Waals surface area contributed by atoms with Gasteiger partial charge in [0.2, 0.25) is 0 Å². The summed E-state index contributed by atoms with van der Waals surface area (Å²) in [4.78, 5) is 18.6. The first-order valence-corrected chi connectivity index (χ1v) is 11.9. The molecule has 3 N–H and O–H groups in total. The molecule has 180 valence electrons. The maximum atomic E-state index is 11.4. The molecule has 1 fully saturated rings. The van der Waals surface area contributed by atoms with Crippen molar-refractivity contribution in [1.82, 2.24) is 14.5 Å². The quantitative estimate of drug-likeness (QED) is 0.421. The Balaban J connectivity index is 1.24. The second-order valence-corrected chi connectivity index (χ2v) is 9.24. The van der Waals surface area contributed by atoms with Crippen LogP contribution < -0.4 is 10.5 Å². The zero-order chi connectivity index (χ0) is 24.4. The van der Waals surface area contributed by atoms with Crippen LogP contribution in [0.5, 0.6) is 11.5 Å². The third kappa shape index (κ3) is 5.00. The number of methoxy groups -OCH3 is 1. The lowest BCUT2D eigenvalue weighted by atomic mass is 9.90. The summed E-state index contributed by atoms with van der Waals surface area (Å²) in [5.41, 5.74) is 9.76. The number of nitrogens with two attached hydrogens (primary N) is 1. The smallest absolute Gasteiger partial charge is 0.252 e. The molecule has 7 nitrogen and oxygen atoms in total. The van der Waals surface area contributed by atoms with Crippen molar-refractivity contribution in [2.45, 2.75) is 31.8 Å². The minimum absolute atomic E-state index is 0.0977. The Bertz CT molecular complexity index is 1360. The highest BCUT2D eigenvalue weighted by Gasteiger charge is 2.22. The van der Waals surface area contributed by atoms with Crippen LogP contribution in [0.15, 0.2) is 67.0 Å². The maximum Gasteiger partial charge on any atom is 0.252 e. The van der Waals surface area contributed by atoms with Crippen molar-refractivity contribution in [3.05, 3.63) is 89.2 Å². The van der Waals surface area contributed by atoms with Crippen LogP contribution in [0.1, 0.15) is 45.8 Å². The summed E-state index contributed by atoms with van der Waals surface area (Å²) in [6.07, 6.45) is 6.25. The van der Waals surface area contributed by atoms with Crippen molar-refractivity contribution in [1.29, 1.82) is 0 Å². The molecular weight excluding hydrogens is 440 g/mol. The topological polar surface area (TPSA) is 93.6 Å². The molecule has 0 radical (unpaired) electrons. The summed E-state index contributed by atoms with van der Waals surface area (Å²) in [5.74, 6) is 0.679. The molecule has 0 spiro atoms. The van der Waals surface area contributed by atoms with Crippen molar-refractivity contribution in [3.63, 3.8) is 0 Å². The monoisotopic (exact) mass is 470 g/mol. The molecule has 1 aliphatic rings. The van der Waals surface area contributed by atoms with Gasteiger partial charge in [0.1, 0.15) is 17.1 Å². The van der Waals surface area contributed by atoms with Crippen molar-refractivity contribution in [3.8, 4) is 11.5 Å². The fourth-order valence-electron chi connectivity index (χ4n) is 4.98. The first-order chi connectivity index (χ1) is 17.0. The minimum atomic E-state index is -0.638. The van der Waals surface area contributed by atoms with Crippen LogP contribution in [0.4, 0.5) is 0 Å². The Morgan fingerprint density at radius 3 is 2.63 bits per heavy atom. The number of hydrogen-bond donors (Lipinski definition) is 2. The third-order valence-corrected chi connectivity index (χ3v) is 6.90. The average molecular weight is 471 g/mol. The number of amides is 1. The number of rotatable bonds is 7. The van der Waals surface area contributed by atoms with Crippen LogP contribution >= 0.6 is 0 Å². The number of ether oxygens (including phenoxy) is 1. The van der Waals surface area contributed by atoms with E-state index in [4.69, 9.17) is 15.5 Å². The maximum absolute atomic E-state index is 11.4. The van der Waals surface area contributed by atoms with Gasteiger partial charge in [-0.15, -0.1) is 0 Å². The van der Waals surface area contributed by atoms with Crippen LogP contribution in [-0.2, 0) is 13.1 Å². The fraction of sp³-hybridized carbons (Fsp3) is 0.286. The van der Waals surface area contributed by atoms with E-state index in [1.807, 2.05) is 24.5 Å². The van der Waals surface area contributed by atoms with Gasteiger partial charge in [-0.3, -0.25) is 9.69 Å². The first-order valence-electron chi connectivity index (χ1n) is 11.9.